The standard InChI is InChI=1S/C14H20O6/c1-8(2)5-13(20-9(3)15)14(18)7-10(16)11(19-4)6-12(14)17/h5-6,10,13,16,18H,7H2,1-4H3/t10-,13+,14+/m1/s1. The summed E-state index contributed by atoms with van der Waals surface area (Å²) in [6.07, 6.45) is -0.0675. The Morgan fingerprint density at radius 1 is 1.50 bits per heavy atom. The van der Waals surface area contributed by atoms with Crippen LogP contribution in [0.3, 0.4) is 0 Å². The van der Waals surface area contributed by atoms with E-state index >= 15 is 0 Å². The van der Waals surface area contributed by atoms with E-state index in [1.165, 1.54) is 20.1 Å². The van der Waals surface area contributed by atoms with E-state index < -0.39 is 29.6 Å². The Labute approximate surface area is 117 Å². The number of aliphatic hydroxyl groups excluding tert-OH is 1. The molecule has 3 atom stereocenters. The molecule has 0 amide bonds. The van der Waals surface area contributed by atoms with Gasteiger partial charge in [-0.25, -0.2) is 0 Å². The molecule has 0 radical (unpaired) electrons. The van der Waals surface area contributed by atoms with E-state index in [1.807, 2.05) is 0 Å². The van der Waals surface area contributed by atoms with Crippen molar-refractivity contribution in [2.24, 2.45) is 0 Å². The smallest absolute Gasteiger partial charge is 0.303 e. The van der Waals surface area contributed by atoms with Crippen molar-refractivity contribution in [3.05, 3.63) is 23.5 Å². The summed E-state index contributed by atoms with van der Waals surface area (Å²) < 4.78 is 9.89. The molecule has 0 bridgehead atoms. The fourth-order valence-electron chi connectivity index (χ4n) is 2.05. The molecule has 0 fully saturated rings. The zero-order chi connectivity index (χ0) is 15.5. The summed E-state index contributed by atoms with van der Waals surface area (Å²) in [5, 5.41) is 20.4. The average molecular weight is 284 g/mol. The van der Waals surface area contributed by atoms with Gasteiger partial charge in [-0.1, -0.05) is 5.57 Å². The van der Waals surface area contributed by atoms with Gasteiger partial charge in [0.1, 0.15) is 11.9 Å². The molecular formula is C14H20O6. The third-order valence-electron chi connectivity index (χ3n) is 3.02. The number of carbonyl (C=O) groups is 2. The van der Waals surface area contributed by atoms with Crippen LogP contribution in [-0.4, -0.2) is 46.9 Å². The lowest BCUT2D eigenvalue weighted by molar-refractivity contribution is -0.167. The van der Waals surface area contributed by atoms with Crippen molar-refractivity contribution >= 4 is 11.8 Å². The second kappa shape index (κ2) is 6.19. The molecule has 6 nitrogen and oxygen atoms in total. The molecule has 0 aromatic heterocycles. The Balaban J connectivity index is 3.17. The second-order valence-electron chi connectivity index (χ2n) is 5.03. The van der Waals surface area contributed by atoms with Gasteiger partial charge in [-0.15, -0.1) is 0 Å². The lowest BCUT2D eigenvalue weighted by Crippen LogP contribution is -2.54. The van der Waals surface area contributed by atoms with Crippen LogP contribution in [-0.2, 0) is 19.1 Å². The molecular weight excluding hydrogens is 264 g/mol. The minimum Gasteiger partial charge on any atom is -0.498 e. The van der Waals surface area contributed by atoms with Crippen LogP contribution in [0.4, 0.5) is 0 Å². The predicted octanol–water partition coefficient (Wildman–Crippen LogP) is 0.479. The number of hydrogen-bond acceptors (Lipinski definition) is 6. The van der Waals surface area contributed by atoms with E-state index in [2.05, 4.69) is 0 Å². The summed E-state index contributed by atoms with van der Waals surface area (Å²) in [7, 11) is 1.33. The van der Waals surface area contributed by atoms with Crippen LogP contribution in [0.15, 0.2) is 23.5 Å². The maximum absolute atomic E-state index is 12.1. The number of carbonyl (C=O) groups excluding carboxylic acids is 2. The summed E-state index contributed by atoms with van der Waals surface area (Å²) in [5.74, 6) is -1.20. The first-order valence-corrected chi connectivity index (χ1v) is 6.23. The SMILES string of the molecule is COC1=CC(=O)[C@](O)([C@H](C=C(C)C)OC(C)=O)C[C@H]1O. The minimum absolute atomic E-state index is 0.0819. The van der Waals surface area contributed by atoms with E-state index in [0.717, 1.165) is 11.6 Å². The maximum Gasteiger partial charge on any atom is 0.303 e. The first kappa shape index (κ1) is 16.4. The lowest BCUT2D eigenvalue weighted by atomic mass is 9.80. The fourth-order valence-corrected chi connectivity index (χ4v) is 2.05. The van der Waals surface area contributed by atoms with Crippen molar-refractivity contribution in [2.75, 3.05) is 7.11 Å². The number of methoxy groups -OCH3 is 1. The van der Waals surface area contributed by atoms with Gasteiger partial charge >= 0.3 is 5.97 Å². The summed E-state index contributed by atoms with van der Waals surface area (Å²) in [6.45, 7) is 4.69. The van der Waals surface area contributed by atoms with Gasteiger partial charge in [-0.3, -0.25) is 9.59 Å². The van der Waals surface area contributed by atoms with Gasteiger partial charge in [0.2, 0.25) is 0 Å². The third kappa shape index (κ3) is 3.46. The largest absolute Gasteiger partial charge is 0.498 e. The maximum atomic E-state index is 12.1. The van der Waals surface area contributed by atoms with Gasteiger partial charge in [0.15, 0.2) is 17.5 Å². The normalized spacial score (nSPS) is 27.4. The van der Waals surface area contributed by atoms with Crippen LogP contribution in [0.2, 0.25) is 0 Å². The molecule has 1 rings (SSSR count). The molecule has 0 aromatic rings. The minimum atomic E-state index is -2.00. The first-order valence-electron chi connectivity index (χ1n) is 6.23. The Bertz CT molecular complexity index is 460. The molecule has 0 spiro atoms. The van der Waals surface area contributed by atoms with Crippen molar-refractivity contribution in [1.82, 2.24) is 0 Å². The predicted molar refractivity (Wildman–Crippen MR) is 70.7 cm³/mol. The summed E-state index contributed by atoms with van der Waals surface area (Å²) >= 11 is 0. The molecule has 0 unspecified atom stereocenters. The second-order valence-corrected chi connectivity index (χ2v) is 5.03. The van der Waals surface area contributed by atoms with Crippen LogP contribution in [0.5, 0.6) is 0 Å². The van der Waals surface area contributed by atoms with E-state index in [4.69, 9.17) is 9.47 Å². The molecule has 6 heteroatoms. The first-order chi connectivity index (χ1) is 9.20. The van der Waals surface area contributed by atoms with Crippen LogP contribution in [0.1, 0.15) is 27.2 Å². The van der Waals surface area contributed by atoms with E-state index in [1.54, 1.807) is 13.8 Å². The van der Waals surface area contributed by atoms with Gasteiger partial charge in [0, 0.05) is 19.4 Å². The van der Waals surface area contributed by atoms with Gasteiger partial charge in [-0.2, -0.15) is 0 Å². The van der Waals surface area contributed by atoms with Crippen LogP contribution in [0, 0.1) is 0 Å². The Hall–Kier alpha value is -1.66. The molecule has 112 valence electrons. The van der Waals surface area contributed by atoms with E-state index in [9.17, 15) is 19.8 Å². The van der Waals surface area contributed by atoms with Gasteiger partial charge in [-0.05, 0) is 19.9 Å². The number of esters is 1. The molecule has 2 N–H and O–H groups in total. The van der Waals surface area contributed by atoms with E-state index in [0.29, 0.717) is 0 Å². The van der Waals surface area contributed by atoms with Crippen molar-refractivity contribution in [3.63, 3.8) is 0 Å². The molecule has 0 aliphatic heterocycles. The van der Waals surface area contributed by atoms with Crippen LogP contribution in [0.25, 0.3) is 0 Å². The highest BCUT2D eigenvalue weighted by atomic mass is 16.6. The lowest BCUT2D eigenvalue weighted by Gasteiger charge is -2.36. The zero-order valence-electron chi connectivity index (χ0n) is 12.0. The molecule has 0 aromatic carbocycles. The Morgan fingerprint density at radius 3 is 2.55 bits per heavy atom. The summed E-state index contributed by atoms with van der Waals surface area (Å²) in [5.41, 5.74) is -1.22. The summed E-state index contributed by atoms with van der Waals surface area (Å²) in [4.78, 5) is 23.3. The van der Waals surface area contributed by atoms with Crippen molar-refractivity contribution < 1.29 is 29.3 Å². The number of allylic oxidation sites excluding steroid dienone is 1. The zero-order valence-corrected chi connectivity index (χ0v) is 12.0. The molecule has 1 aliphatic rings. The number of ketones is 1. The highest BCUT2D eigenvalue weighted by Gasteiger charge is 2.49. The fraction of sp³-hybridized carbons (Fsp3) is 0.571. The highest BCUT2D eigenvalue weighted by Crippen LogP contribution is 2.31. The molecule has 1 aliphatic carbocycles. The number of rotatable bonds is 4. The third-order valence-corrected chi connectivity index (χ3v) is 3.02. The van der Waals surface area contributed by atoms with Crippen molar-refractivity contribution in [1.29, 1.82) is 0 Å². The van der Waals surface area contributed by atoms with Crippen LogP contribution >= 0.6 is 0 Å². The van der Waals surface area contributed by atoms with Crippen molar-refractivity contribution in [3.8, 4) is 0 Å². The highest BCUT2D eigenvalue weighted by molar-refractivity contribution is 5.99. The number of hydrogen-bond donors (Lipinski definition) is 2. The monoisotopic (exact) mass is 284 g/mol. The Kier molecular flexibility index (Phi) is 5.08. The molecule has 20 heavy (non-hydrogen) atoms. The molecule has 0 heterocycles. The van der Waals surface area contributed by atoms with Gasteiger partial charge in [0.05, 0.1) is 7.11 Å². The number of ether oxygens (including phenoxy) is 2. The molecule has 0 saturated carbocycles. The topological polar surface area (TPSA) is 93.1 Å². The quantitative estimate of drug-likeness (QED) is 0.576. The van der Waals surface area contributed by atoms with Gasteiger partial charge in [0.25, 0.3) is 0 Å². The average Bonchev–Trinajstić information content (AvgIpc) is 2.31. The van der Waals surface area contributed by atoms with Crippen LogP contribution < -0.4 is 0 Å². The summed E-state index contributed by atoms with van der Waals surface area (Å²) in [6, 6.07) is 0. The van der Waals surface area contributed by atoms with Crippen molar-refractivity contribution in [2.45, 2.75) is 45.0 Å². The Morgan fingerprint density at radius 2 is 2.10 bits per heavy atom. The number of aliphatic hydroxyl groups is 2. The van der Waals surface area contributed by atoms with Gasteiger partial charge < -0.3 is 19.7 Å². The molecule has 0 saturated heterocycles. The van der Waals surface area contributed by atoms with E-state index in [-0.39, 0.29) is 12.2 Å².